The molecule has 0 saturated heterocycles. The predicted molar refractivity (Wildman–Crippen MR) is 74.9 cm³/mol. The van der Waals surface area contributed by atoms with Gasteiger partial charge in [0.05, 0.1) is 19.8 Å². The van der Waals surface area contributed by atoms with Crippen LogP contribution in [0.2, 0.25) is 0 Å². The van der Waals surface area contributed by atoms with E-state index in [9.17, 15) is 5.11 Å². The SMILES string of the molecule is CCCC[C@@H](N)c1c(OC)cc(O)cc1OC.Cl. The summed E-state index contributed by atoms with van der Waals surface area (Å²) in [5.74, 6) is 1.26. The number of benzene rings is 1. The van der Waals surface area contributed by atoms with Gasteiger partial charge in [-0.25, -0.2) is 0 Å². The highest BCUT2D eigenvalue weighted by Gasteiger charge is 2.18. The van der Waals surface area contributed by atoms with E-state index in [2.05, 4.69) is 6.92 Å². The fraction of sp³-hybridized carbons (Fsp3) is 0.538. The molecule has 0 aliphatic heterocycles. The zero-order chi connectivity index (χ0) is 12.8. The maximum atomic E-state index is 9.54. The Morgan fingerprint density at radius 3 is 2.11 bits per heavy atom. The lowest BCUT2D eigenvalue weighted by Crippen LogP contribution is -2.13. The molecule has 18 heavy (non-hydrogen) atoms. The first-order valence-electron chi connectivity index (χ1n) is 5.84. The van der Waals surface area contributed by atoms with E-state index in [0.29, 0.717) is 11.5 Å². The summed E-state index contributed by atoms with van der Waals surface area (Å²) in [7, 11) is 3.12. The van der Waals surface area contributed by atoms with E-state index >= 15 is 0 Å². The minimum absolute atomic E-state index is 0. The third-order valence-corrected chi connectivity index (χ3v) is 2.77. The van der Waals surface area contributed by atoms with Crippen LogP contribution in [-0.2, 0) is 0 Å². The summed E-state index contributed by atoms with van der Waals surface area (Å²) < 4.78 is 10.5. The molecule has 0 bridgehead atoms. The Hall–Kier alpha value is -1.13. The van der Waals surface area contributed by atoms with Crippen LogP contribution in [0.1, 0.15) is 37.8 Å². The molecule has 0 radical (unpaired) electrons. The molecule has 0 fully saturated rings. The lowest BCUT2D eigenvalue weighted by Gasteiger charge is -2.19. The molecule has 0 spiro atoms. The molecule has 1 rings (SSSR count). The third kappa shape index (κ3) is 3.96. The number of aromatic hydroxyl groups is 1. The zero-order valence-corrected chi connectivity index (χ0v) is 11.9. The van der Waals surface area contributed by atoms with Crippen molar-refractivity contribution in [3.8, 4) is 17.2 Å². The summed E-state index contributed by atoms with van der Waals surface area (Å²) in [5, 5.41) is 9.54. The summed E-state index contributed by atoms with van der Waals surface area (Å²) in [4.78, 5) is 0. The first-order chi connectivity index (χ1) is 8.13. The van der Waals surface area contributed by atoms with Crippen LogP contribution in [0.5, 0.6) is 17.2 Å². The highest BCUT2D eigenvalue weighted by Crippen LogP contribution is 2.38. The molecular formula is C13H22ClNO3. The molecule has 5 heteroatoms. The molecule has 0 aliphatic carbocycles. The van der Waals surface area contributed by atoms with Crippen molar-refractivity contribution in [1.82, 2.24) is 0 Å². The van der Waals surface area contributed by atoms with Gasteiger partial charge in [0.15, 0.2) is 0 Å². The van der Waals surface area contributed by atoms with Gasteiger partial charge in [-0.05, 0) is 6.42 Å². The summed E-state index contributed by atoms with van der Waals surface area (Å²) in [5.41, 5.74) is 6.96. The number of methoxy groups -OCH3 is 2. The number of phenols is 1. The summed E-state index contributed by atoms with van der Waals surface area (Å²) >= 11 is 0. The minimum atomic E-state index is -0.138. The topological polar surface area (TPSA) is 64.7 Å². The summed E-state index contributed by atoms with van der Waals surface area (Å²) in [6.07, 6.45) is 3.01. The number of phenolic OH excluding ortho intramolecular Hbond substituents is 1. The van der Waals surface area contributed by atoms with Gasteiger partial charge in [0.1, 0.15) is 17.2 Å². The highest BCUT2D eigenvalue weighted by molar-refractivity contribution is 5.85. The molecule has 0 unspecified atom stereocenters. The smallest absolute Gasteiger partial charge is 0.131 e. The fourth-order valence-corrected chi connectivity index (χ4v) is 1.86. The Morgan fingerprint density at radius 1 is 1.22 bits per heavy atom. The lowest BCUT2D eigenvalue weighted by molar-refractivity contribution is 0.368. The average molecular weight is 276 g/mol. The number of halogens is 1. The van der Waals surface area contributed by atoms with E-state index in [1.807, 2.05) is 0 Å². The minimum Gasteiger partial charge on any atom is -0.508 e. The number of rotatable bonds is 6. The van der Waals surface area contributed by atoms with Crippen molar-refractivity contribution < 1.29 is 14.6 Å². The van der Waals surface area contributed by atoms with E-state index < -0.39 is 0 Å². The maximum absolute atomic E-state index is 9.54. The number of unbranched alkanes of at least 4 members (excludes halogenated alkanes) is 1. The van der Waals surface area contributed by atoms with Gasteiger partial charge in [0.25, 0.3) is 0 Å². The molecule has 0 aromatic heterocycles. The van der Waals surface area contributed by atoms with E-state index in [4.69, 9.17) is 15.2 Å². The Bertz CT molecular complexity index is 346. The van der Waals surface area contributed by atoms with Crippen LogP contribution >= 0.6 is 12.4 Å². The van der Waals surface area contributed by atoms with E-state index in [0.717, 1.165) is 24.8 Å². The van der Waals surface area contributed by atoms with Crippen molar-refractivity contribution >= 4 is 12.4 Å². The van der Waals surface area contributed by atoms with Crippen molar-refractivity contribution in [2.75, 3.05) is 14.2 Å². The van der Waals surface area contributed by atoms with Crippen LogP contribution in [0.4, 0.5) is 0 Å². The van der Waals surface area contributed by atoms with Gasteiger partial charge in [-0.15, -0.1) is 12.4 Å². The average Bonchev–Trinajstić information content (AvgIpc) is 2.34. The normalized spacial score (nSPS) is 11.6. The van der Waals surface area contributed by atoms with Gasteiger partial charge >= 0.3 is 0 Å². The highest BCUT2D eigenvalue weighted by atomic mass is 35.5. The van der Waals surface area contributed by atoms with Gasteiger partial charge in [0.2, 0.25) is 0 Å². The molecule has 1 atom stereocenters. The molecule has 4 nitrogen and oxygen atoms in total. The molecule has 104 valence electrons. The fourth-order valence-electron chi connectivity index (χ4n) is 1.86. The van der Waals surface area contributed by atoms with Gasteiger partial charge in [0, 0.05) is 18.2 Å². The maximum Gasteiger partial charge on any atom is 0.131 e. The third-order valence-electron chi connectivity index (χ3n) is 2.77. The van der Waals surface area contributed by atoms with E-state index in [1.165, 1.54) is 0 Å². The first-order valence-corrected chi connectivity index (χ1v) is 5.84. The van der Waals surface area contributed by atoms with Gasteiger partial charge in [-0.2, -0.15) is 0 Å². The largest absolute Gasteiger partial charge is 0.508 e. The van der Waals surface area contributed by atoms with Crippen molar-refractivity contribution in [2.45, 2.75) is 32.2 Å². The second-order valence-electron chi connectivity index (χ2n) is 4.01. The van der Waals surface area contributed by atoms with Crippen LogP contribution in [0.15, 0.2) is 12.1 Å². The summed E-state index contributed by atoms with van der Waals surface area (Å²) in [6, 6.07) is 2.98. The Morgan fingerprint density at radius 2 is 1.72 bits per heavy atom. The second-order valence-corrected chi connectivity index (χ2v) is 4.01. The van der Waals surface area contributed by atoms with Gasteiger partial charge in [-0.3, -0.25) is 0 Å². The van der Waals surface area contributed by atoms with Crippen LogP contribution in [0.25, 0.3) is 0 Å². The molecule has 3 N–H and O–H groups in total. The monoisotopic (exact) mass is 275 g/mol. The van der Waals surface area contributed by atoms with Crippen LogP contribution in [0, 0.1) is 0 Å². The van der Waals surface area contributed by atoms with E-state index in [1.54, 1.807) is 26.4 Å². The molecule has 0 amide bonds. The molecule has 1 aromatic rings. The lowest BCUT2D eigenvalue weighted by atomic mass is 9.99. The molecule has 0 aliphatic rings. The van der Waals surface area contributed by atoms with Crippen LogP contribution in [-0.4, -0.2) is 19.3 Å². The standard InChI is InChI=1S/C13H21NO3.ClH/c1-4-5-6-10(14)13-11(16-2)7-9(15)8-12(13)17-3;/h7-8,10,15H,4-6,14H2,1-3H3;1H/t10-;/m1./s1. The zero-order valence-electron chi connectivity index (χ0n) is 11.1. The number of hydrogen-bond donors (Lipinski definition) is 2. The Labute approximate surface area is 115 Å². The number of nitrogens with two attached hydrogens (primary N) is 1. The Kier molecular flexibility index (Phi) is 7.55. The van der Waals surface area contributed by atoms with Gasteiger partial charge in [-0.1, -0.05) is 19.8 Å². The quantitative estimate of drug-likeness (QED) is 0.838. The molecule has 0 heterocycles. The van der Waals surface area contributed by atoms with Crippen LogP contribution < -0.4 is 15.2 Å². The molecule has 0 saturated carbocycles. The van der Waals surface area contributed by atoms with Crippen molar-refractivity contribution in [3.63, 3.8) is 0 Å². The summed E-state index contributed by atoms with van der Waals surface area (Å²) in [6.45, 7) is 2.12. The first kappa shape index (κ1) is 16.9. The number of hydrogen-bond acceptors (Lipinski definition) is 4. The molecular weight excluding hydrogens is 254 g/mol. The van der Waals surface area contributed by atoms with Crippen molar-refractivity contribution in [1.29, 1.82) is 0 Å². The van der Waals surface area contributed by atoms with Crippen molar-refractivity contribution in [2.24, 2.45) is 5.73 Å². The van der Waals surface area contributed by atoms with Crippen molar-refractivity contribution in [3.05, 3.63) is 17.7 Å². The Balaban J connectivity index is 0.00000289. The molecule has 1 aromatic carbocycles. The van der Waals surface area contributed by atoms with Crippen LogP contribution in [0.3, 0.4) is 0 Å². The predicted octanol–water partition coefficient (Wildman–Crippen LogP) is 3.02. The van der Waals surface area contributed by atoms with Gasteiger partial charge < -0.3 is 20.3 Å². The number of ether oxygens (including phenoxy) is 2. The van der Waals surface area contributed by atoms with E-state index in [-0.39, 0.29) is 24.2 Å². The second kappa shape index (κ2) is 8.06.